The molecule has 2 unspecified atom stereocenters. The largest absolute Gasteiger partial charge is 0.388 e. The van der Waals surface area contributed by atoms with Crippen LogP contribution in [0.3, 0.4) is 0 Å². The van der Waals surface area contributed by atoms with Gasteiger partial charge in [-0.25, -0.2) is 4.39 Å². The molecule has 0 aromatic heterocycles. The van der Waals surface area contributed by atoms with E-state index in [9.17, 15) is 19.6 Å². The SMILES string of the molecule is CC1CCCC(O)(CNc2cc(F)c(Cl)cc2[N+](=O)[O-])C1. The van der Waals surface area contributed by atoms with E-state index in [0.29, 0.717) is 18.8 Å². The number of benzene rings is 1. The van der Waals surface area contributed by atoms with Gasteiger partial charge in [-0.15, -0.1) is 0 Å². The van der Waals surface area contributed by atoms with Gasteiger partial charge >= 0.3 is 0 Å². The molecular weight excluding hydrogens is 299 g/mol. The minimum atomic E-state index is -0.915. The van der Waals surface area contributed by atoms with Crippen molar-refractivity contribution in [3.8, 4) is 0 Å². The molecule has 1 fully saturated rings. The van der Waals surface area contributed by atoms with Gasteiger partial charge in [0.25, 0.3) is 5.69 Å². The molecule has 0 aliphatic heterocycles. The number of aliphatic hydroxyl groups is 1. The Kier molecular flexibility index (Phi) is 4.68. The monoisotopic (exact) mass is 316 g/mol. The number of nitro benzene ring substituents is 1. The van der Waals surface area contributed by atoms with Gasteiger partial charge in [-0.3, -0.25) is 10.1 Å². The van der Waals surface area contributed by atoms with Crippen molar-refractivity contribution in [3.05, 3.63) is 33.1 Å². The first-order valence-corrected chi connectivity index (χ1v) is 7.28. The smallest absolute Gasteiger partial charge is 0.294 e. The summed E-state index contributed by atoms with van der Waals surface area (Å²) in [5.41, 5.74) is -1.18. The summed E-state index contributed by atoms with van der Waals surface area (Å²) in [6.45, 7) is 2.22. The van der Waals surface area contributed by atoms with Crippen LogP contribution in [0.2, 0.25) is 5.02 Å². The molecule has 0 saturated heterocycles. The summed E-state index contributed by atoms with van der Waals surface area (Å²) < 4.78 is 13.5. The van der Waals surface area contributed by atoms with E-state index in [4.69, 9.17) is 11.6 Å². The fourth-order valence-electron chi connectivity index (χ4n) is 2.88. The summed E-state index contributed by atoms with van der Waals surface area (Å²) in [6.07, 6.45) is 3.24. The van der Waals surface area contributed by atoms with E-state index in [-0.39, 0.29) is 22.9 Å². The number of hydrogen-bond donors (Lipinski definition) is 2. The molecule has 0 heterocycles. The molecule has 116 valence electrons. The second kappa shape index (κ2) is 6.15. The van der Waals surface area contributed by atoms with Gasteiger partial charge in [-0.2, -0.15) is 0 Å². The van der Waals surface area contributed by atoms with E-state index in [2.05, 4.69) is 12.2 Å². The summed E-state index contributed by atoms with van der Waals surface area (Å²) in [5.74, 6) is -0.323. The maximum atomic E-state index is 13.5. The molecule has 7 heteroatoms. The molecule has 1 saturated carbocycles. The van der Waals surface area contributed by atoms with Gasteiger partial charge in [-0.05, 0) is 18.8 Å². The first-order valence-electron chi connectivity index (χ1n) is 6.90. The zero-order chi connectivity index (χ0) is 15.6. The highest BCUT2D eigenvalue weighted by Gasteiger charge is 2.33. The summed E-state index contributed by atoms with van der Waals surface area (Å²) in [4.78, 5) is 10.4. The lowest BCUT2D eigenvalue weighted by molar-refractivity contribution is -0.384. The van der Waals surface area contributed by atoms with E-state index in [0.717, 1.165) is 25.0 Å². The minimum absolute atomic E-state index is 0.0357. The van der Waals surface area contributed by atoms with Crippen molar-refractivity contribution in [2.24, 2.45) is 5.92 Å². The molecule has 2 rings (SSSR count). The summed E-state index contributed by atoms with van der Waals surface area (Å²) in [7, 11) is 0. The Morgan fingerprint density at radius 3 is 2.95 bits per heavy atom. The topological polar surface area (TPSA) is 75.4 Å². The Morgan fingerprint density at radius 1 is 1.62 bits per heavy atom. The van der Waals surface area contributed by atoms with Gasteiger partial charge in [0.2, 0.25) is 0 Å². The number of hydrogen-bond acceptors (Lipinski definition) is 4. The highest BCUT2D eigenvalue weighted by atomic mass is 35.5. The van der Waals surface area contributed by atoms with E-state index in [1.807, 2.05) is 0 Å². The molecule has 1 aromatic rings. The van der Waals surface area contributed by atoms with Crippen molar-refractivity contribution in [2.45, 2.75) is 38.2 Å². The van der Waals surface area contributed by atoms with E-state index < -0.39 is 16.3 Å². The normalized spacial score (nSPS) is 25.6. The number of rotatable bonds is 4. The standard InChI is InChI=1S/C14H18ClFN2O3/c1-9-3-2-4-14(19,7-9)8-17-12-6-11(16)10(15)5-13(12)18(20)21/h5-6,9,17,19H,2-4,7-8H2,1H3. The fraction of sp³-hybridized carbons (Fsp3) is 0.571. The molecule has 21 heavy (non-hydrogen) atoms. The third-order valence-electron chi connectivity index (χ3n) is 3.91. The van der Waals surface area contributed by atoms with Crippen LogP contribution in [0.25, 0.3) is 0 Å². The number of nitro groups is 1. The molecule has 1 aliphatic rings. The summed E-state index contributed by atoms with van der Waals surface area (Å²) in [6, 6.07) is 1.98. The maximum absolute atomic E-state index is 13.5. The quantitative estimate of drug-likeness (QED) is 0.655. The van der Waals surface area contributed by atoms with Crippen LogP contribution in [0, 0.1) is 21.8 Å². The van der Waals surface area contributed by atoms with Crippen LogP contribution in [-0.4, -0.2) is 22.2 Å². The van der Waals surface area contributed by atoms with E-state index in [1.165, 1.54) is 0 Å². The lowest BCUT2D eigenvalue weighted by Gasteiger charge is -2.35. The molecule has 2 N–H and O–H groups in total. The molecule has 0 bridgehead atoms. The molecule has 1 aromatic carbocycles. The third-order valence-corrected chi connectivity index (χ3v) is 4.20. The molecule has 1 aliphatic carbocycles. The van der Waals surface area contributed by atoms with Crippen LogP contribution in [-0.2, 0) is 0 Å². The number of halogens is 2. The zero-order valence-electron chi connectivity index (χ0n) is 11.7. The van der Waals surface area contributed by atoms with Crippen LogP contribution < -0.4 is 5.32 Å². The van der Waals surface area contributed by atoms with Crippen molar-refractivity contribution in [1.29, 1.82) is 0 Å². The van der Waals surface area contributed by atoms with Crippen LogP contribution in [0.4, 0.5) is 15.8 Å². The van der Waals surface area contributed by atoms with Crippen molar-refractivity contribution in [2.75, 3.05) is 11.9 Å². The Bertz CT molecular complexity index is 555. The average Bonchev–Trinajstić information content (AvgIpc) is 2.39. The third kappa shape index (κ3) is 3.83. The van der Waals surface area contributed by atoms with Gasteiger partial charge in [0.15, 0.2) is 0 Å². The summed E-state index contributed by atoms with van der Waals surface area (Å²) in [5, 5.41) is 24.0. The Balaban J connectivity index is 2.16. The van der Waals surface area contributed by atoms with Crippen LogP contribution in [0.5, 0.6) is 0 Å². The predicted octanol–water partition coefficient (Wildman–Crippen LogP) is 3.74. The lowest BCUT2D eigenvalue weighted by Crippen LogP contribution is -2.41. The summed E-state index contributed by atoms with van der Waals surface area (Å²) >= 11 is 5.57. The van der Waals surface area contributed by atoms with Crippen LogP contribution >= 0.6 is 11.6 Å². The van der Waals surface area contributed by atoms with E-state index in [1.54, 1.807) is 0 Å². The lowest BCUT2D eigenvalue weighted by atomic mass is 9.79. The number of nitrogens with one attached hydrogen (secondary N) is 1. The van der Waals surface area contributed by atoms with Gasteiger partial charge in [0, 0.05) is 18.7 Å². The van der Waals surface area contributed by atoms with Gasteiger partial charge in [0.05, 0.1) is 15.5 Å². The van der Waals surface area contributed by atoms with Gasteiger partial charge in [-0.1, -0.05) is 31.4 Å². The molecular formula is C14H18ClFN2O3. The molecule has 2 atom stereocenters. The predicted molar refractivity (Wildman–Crippen MR) is 79.1 cm³/mol. The number of nitrogens with zero attached hydrogens (tertiary/aromatic N) is 1. The Labute approximate surface area is 127 Å². The second-order valence-electron chi connectivity index (χ2n) is 5.82. The average molecular weight is 317 g/mol. The van der Waals surface area contributed by atoms with Gasteiger partial charge < -0.3 is 10.4 Å². The fourth-order valence-corrected chi connectivity index (χ4v) is 3.04. The first-order chi connectivity index (χ1) is 9.81. The first kappa shape index (κ1) is 16.0. The van der Waals surface area contributed by atoms with Crippen LogP contribution in [0.1, 0.15) is 32.6 Å². The van der Waals surface area contributed by atoms with Crippen molar-refractivity contribution >= 4 is 23.0 Å². The molecule has 0 amide bonds. The highest BCUT2D eigenvalue weighted by molar-refractivity contribution is 6.31. The number of anilines is 1. The molecule has 5 nitrogen and oxygen atoms in total. The maximum Gasteiger partial charge on any atom is 0.294 e. The van der Waals surface area contributed by atoms with Gasteiger partial charge in [0.1, 0.15) is 11.5 Å². The van der Waals surface area contributed by atoms with Crippen molar-refractivity contribution in [3.63, 3.8) is 0 Å². The molecule has 0 radical (unpaired) electrons. The highest BCUT2D eigenvalue weighted by Crippen LogP contribution is 2.34. The minimum Gasteiger partial charge on any atom is -0.388 e. The van der Waals surface area contributed by atoms with Crippen molar-refractivity contribution in [1.82, 2.24) is 0 Å². The van der Waals surface area contributed by atoms with Crippen molar-refractivity contribution < 1.29 is 14.4 Å². The van der Waals surface area contributed by atoms with Crippen LogP contribution in [0.15, 0.2) is 12.1 Å². The second-order valence-corrected chi connectivity index (χ2v) is 6.23. The zero-order valence-corrected chi connectivity index (χ0v) is 12.5. The Morgan fingerprint density at radius 2 is 2.33 bits per heavy atom. The molecule has 0 spiro atoms. The Hall–Kier alpha value is -1.40. The van der Waals surface area contributed by atoms with E-state index >= 15 is 0 Å².